The second-order valence-corrected chi connectivity index (χ2v) is 4.83. The van der Waals surface area contributed by atoms with Crippen molar-refractivity contribution in [3.63, 3.8) is 0 Å². The first-order chi connectivity index (χ1) is 8.51. The molecule has 0 aliphatic carbocycles. The van der Waals surface area contributed by atoms with E-state index in [1.165, 1.54) is 13.2 Å². The number of ether oxygens (including phenoxy) is 1. The molecule has 0 saturated heterocycles. The lowest BCUT2D eigenvalue weighted by atomic mass is 10.1. The van der Waals surface area contributed by atoms with E-state index in [1.807, 2.05) is 4.90 Å². The van der Waals surface area contributed by atoms with Gasteiger partial charge in [0.15, 0.2) is 11.6 Å². The summed E-state index contributed by atoms with van der Waals surface area (Å²) in [5.41, 5.74) is 1.31. The first-order valence-corrected chi connectivity index (χ1v) is 5.93. The maximum Gasteiger partial charge on any atom is 0.243 e. The van der Waals surface area contributed by atoms with Crippen LogP contribution in [-0.4, -0.2) is 26.1 Å². The number of benzene rings is 1. The predicted octanol–water partition coefficient (Wildman–Crippen LogP) is 2.25. The molecule has 0 aromatic heterocycles. The summed E-state index contributed by atoms with van der Waals surface area (Å²) in [4.78, 5) is 13.5. The third kappa shape index (κ3) is 2.39. The molecule has 1 aliphatic rings. The highest BCUT2D eigenvalue weighted by atomic mass is 19.1. The topological polar surface area (TPSA) is 41.6 Å². The lowest BCUT2D eigenvalue weighted by molar-refractivity contribution is -0.115. The Kier molecular flexibility index (Phi) is 3.41. The Hall–Kier alpha value is -1.78. The number of carbonyl (C=O) groups excluding carboxylic acids is 1. The number of amides is 1. The number of fused-ring (bicyclic) bond motifs is 1. The summed E-state index contributed by atoms with van der Waals surface area (Å²) < 4.78 is 18.6. The molecule has 1 aromatic rings. The van der Waals surface area contributed by atoms with E-state index in [1.54, 1.807) is 6.07 Å². The molecule has 0 unspecified atom stereocenters. The van der Waals surface area contributed by atoms with Crippen LogP contribution in [-0.2, 0) is 4.79 Å². The Labute approximate surface area is 106 Å². The van der Waals surface area contributed by atoms with Crippen molar-refractivity contribution in [1.82, 2.24) is 0 Å². The highest BCUT2D eigenvalue weighted by Gasteiger charge is 2.24. The number of carbonyl (C=O) groups is 1. The summed E-state index contributed by atoms with van der Waals surface area (Å²) in [5.74, 6) is 0.0223. The van der Waals surface area contributed by atoms with Crippen molar-refractivity contribution in [3.05, 3.63) is 17.9 Å². The number of hydrogen-bond donors (Lipinski definition) is 1. The second-order valence-electron chi connectivity index (χ2n) is 4.83. The number of anilines is 2. The fourth-order valence-corrected chi connectivity index (χ4v) is 2.11. The minimum Gasteiger partial charge on any atom is -0.494 e. The average Bonchev–Trinajstić information content (AvgIpc) is 2.27. The van der Waals surface area contributed by atoms with Crippen LogP contribution in [0.5, 0.6) is 5.75 Å². The number of methoxy groups -OCH3 is 1. The van der Waals surface area contributed by atoms with Crippen molar-refractivity contribution in [3.8, 4) is 5.75 Å². The number of nitrogens with one attached hydrogen (secondary N) is 1. The molecule has 18 heavy (non-hydrogen) atoms. The van der Waals surface area contributed by atoms with Crippen molar-refractivity contribution in [1.29, 1.82) is 0 Å². The van der Waals surface area contributed by atoms with Gasteiger partial charge >= 0.3 is 0 Å². The van der Waals surface area contributed by atoms with Crippen LogP contribution in [0, 0.1) is 11.7 Å². The molecule has 2 rings (SSSR count). The summed E-state index contributed by atoms with van der Waals surface area (Å²) in [6.45, 7) is 5.19. The smallest absolute Gasteiger partial charge is 0.243 e. The number of rotatable bonds is 3. The van der Waals surface area contributed by atoms with Gasteiger partial charge in [-0.05, 0) is 5.92 Å². The Balaban J connectivity index is 2.42. The Morgan fingerprint density at radius 1 is 1.50 bits per heavy atom. The van der Waals surface area contributed by atoms with Gasteiger partial charge in [-0.25, -0.2) is 4.39 Å². The first-order valence-electron chi connectivity index (χ1n) is 5.93. The van der Waals surface area contributed by atoms with Crippen molar-refractivity contribution >= 4 is 17.3 Å². The van der Waals surface area contributed by atoms with Crippen LogP contribution in [0.1, 0.15) is 13.8 Å². The monoisotopic (exact) mass is 252 g/mol. The Bertz CT molecular complexity index is 474. The van der Waals surface area contributed by atoms with Crippen molar-refractivity contribution in [2.24, 2.45) is 5.92 Å². The lowest BCUT2D eigenvalue weighted by Crippen LogP contribution is -2.40. The molecular formula is C13H17FN2O2. The highest BCUT2D eigenvalue weighted by Crippen LogP contribution is 2.35. The van der Waals surface area contributed by atoms with Crippen LogP contribution >= 0.6 is 0 Å². The third-order valence-electron chi connectivity index (χ3n) is 2.80. The van der Waals surface area contributed by atoms with Crippen LogP contribution < -0.4 is 15.0 Å². The SMILES string of the molecule is COc1cc2c(cc1F)NC(=O)CN2CC(C)C. The normalized spacial score (nSPS) is 14.5. The fourth-order valence-electron chi connectivity index (χ4n) is 2.11. The maximum atomic E-state index is 13.6. The summed E-state index contributed by atoms with van der Waals surface area (Å²) in [6, 6.07) is 2.94. The second kappa shape index (κ2) is 4.84. The van der Waals surface area contributed by atoms with Gasteiger partial charge in [0.2, 0.25) is 5.91 Å². The molecule has 5 heteroatoms. The molecule has 1 amide bonds. The minimum atomic E-state index is -0.469. The Morgan fingerprint density at radius 3 is 2.83 bits per heavy atom. The molecule has 4 nitrogen and oxygen atoms in total. The van der Waals surface area contributed by atoms with Crippen LogP contribution in [0.2, 0.25) is 0 Å². The quantitative estimate of drug-likeness (QED) is 0.897. The molecule has 1 heterocycles. The van der Waals surface area contributed by atoms with E-state index in [4.69, 9.17) is 4.74 Å². The van der Waals surface area contributed by atoms with E-state index in [0.717, 1.165) is 12.2 Å². The average molecular weight is 252 g/mol. The lowest BCUT2D eigenvalue weighted by Gasteiger charge is -2.32. The molecular weight excluding hydrogens is 235 g/mol. The van der Waals surface area contributed by atoms with Crippen molar-refractivity contribution in [2.75, 3.05) is 30.4 Å². The summed E-state index contributed by atoms with van der Waals surface area (Å²) in [6.07, 6.45) is 0. The molecule has 1 N–H and O–H groups in total. The van der Waals surface area contributed by atoms with Crippen LogP contribution in [0.4, 0.5) is 15.8 Å². The van der Waals surface area contributed by atoms with E-state index in [-0.39, 0.29) is 11.7 Å². The molecule has 0 spiro atoms. The molecule has 0 radical (unpaired) electrons. The van der Waals surface area contributed by atoms with E-state index < -0.39 is 5.82 Å². The summed E-state index contributed by atoms with van der Waals surface area (Å²) in [5, 5.41) is 2.68. The standard InChI is InChI=1S/C13H17FN2O2/c1-8(2)6-16-7-13(17)15-10-4-9(14)12(18-3)5-11(10)16/h4-5,8H,6-7H2,1-3H3,(H,15,17). The van der Waals surface area contributed by atoms with Gasteiger partial charge in [0.05, 0.1) is 25.0 Å². The van der Waals surface area contributed by atoms with E-state index >= 15 is 0 Å². The largest absolute Gasteiger partial charge is 0.494 e. The van der Waals surface area contributed by atoms with E-state index in [9.17, 15) is 9.18 Å². The molecule has 0 fully saturated rings. The number of nitrogens with zero attached hydrogens (tertiary/aromatic N) is 1. The minimum absolute atomic E-state index is 0.118. The fraction of sp³-hybridized carbons (Fsp3) is 0.462. The number of halogens is 1. The molecule has 0 saturated carbocycles. The van der Waals surface area contributed by atoms with E-state index in [2.05, 4.69) is 19.2 Å². The van der Waals surface area contributed by atoms with Gasteiger partial charge in [-0.2, -0.15) is 0 Å². The molecule has 0 atom stereocenters. The summed E-state index contributed by atoms with van der Waals surface area (Å²) >= 11 is 0. The zero-order chi connectivity index (χ0) is 13.3. The summed E-state index contributed by atoms with van der Waals surface area (Å²) in [7, 11) is 1.43. The van der Waals surface area contributed by atoms with Gasteiger partial charge in [-0.1, -0.05) is 13.8 Å². The first kappa shape index (κ1) is 12.7. The van der Waals surface area contributed by atoms with Gasteiger partial charge in [-0.15, -0.1) is 0 Å². The highest BCUT2D eigenvalue weighted by molar-refractivity contribution is 6.01. The van der Waals surface area contributed by atoms with Gasteiger partial charge < -0.3 is 15.0 Å². The molecule has 1 aromatic carbocycles. The zero-order valence-corrected chi connectivity index (χ0v) is 10.8. The molecule has 0 bridgehead atoms. The third-order valence-corrected chi connectivity index (χ3v) is 2.80. The van der Waals surface area contributed by atoms with Crippen LogP contribution in [0.25, 0.3) is 0 Å². The van der Waals surface area contributed by atoms with Crippen molar-refractivity contribution in [2.45, 2.75) is 13.8 Å². The van der Waals surface area contributed by atoms with Crippen molar-refractivity contribution < 1.29 is 13.9 Å². The number of hydrogen-bond acceptors (Lipinski definition) is 3. The van der Waals surface area contributed by atoms with Gasteiger partial charge in [0.25, 0.3) is 0 Å². The maximum absolute atomic E-state index is 13.6. The van der Waals surface area contributed by atoms with E-state index in [0.29, 0.717) is 18.2 Å². The van der Waals surface area contributed by atoms with Gasteiger partial charge in [-0.3, -0.25) is 4.79 Å². The predicted molar refractivity (Wildman–Crippen MR) is 68.6 cm³/mol. The van der Waals surface area contributed by atoms with Gasteiger partial charge in [0, 0.05) is 18.7 Å². The van der Waals surface area contributed by atoms with Crippen LogP contribution in [0.15, 0.2) is 12.1 Å². The molecule has 1 aliphatic heterocycles. The van der Waals surface area contributed by atoms with Gasteiger partial charge in [0.1, 0.15) is 0 Å². The zero-order valence-electron chi connectivity index (χ0n) is 10.8. The molecule has 98 valence electrons. The van der Waals surface area contributed by atoms with Crippen LogP contribution in [0.3, 0.4) is 0 Å². The Morgan fingerprint density at radius 2 is 2.22 bits per heavy atom.